The van der Waals surface area contributed by atoms with Gasteiger partial charge in [0, 0.05) is 23.7 Å². The van der Waals surface area contributed by atoms with E-state index >= 15 is 0 Å². The van der Waals surface area contributed by atoms with Crippen LogP contribution in [-0.2, 0) is 0 Å². The largest absolute Gasteiger partial charge is 0.384 e. The van der Waals surface area contributed by atoms with Crippen molar-refractivity contribution in [3.63, 3.8) is 0 Å². The Morgan fingerprint density at radius 1 is 1.04 bits per heavy atom. The monoisotopic (exact) mass is 415 g/mol. The minimum atomic E-state index is -1.58. The van der Waals surface area contributed by atoms with E-state index in [4.69, 9.17) is 5.73 Å². The number of halogens is 4. The van der Waals surface area contributed by atoms with Crippen LogP contribution in [-0.4, -0.2) is 28.0 Å². The summed E-state index contributed by atoms with van der Waals surface area (Å²) in [5.41, 5.74) is 5.47. The Labute approximate surface area is 166 Å². The first kappa shape index (κ1) is 21.7. The minimum absolute atomic E-state index is 0. The van der Waals surface area contributed by atoms with Crippen molar-refractivity contribution in [2.45, 2.75) is 44.7 Å². The summed E-state index contributed by atoms with van der Waals surface area (Å²) in [7, 11) is 0. The first-order chi connectivity index (χ1) is 12.8. The van der Waals surface area contributed by atoms with Gasteiger partial charge in [0.25, 0.3) is 5.91 Å². The molecule has 1 aromatic heterocycles. The van der Waals surface area contributed by atoms with Crippen LogP contribution in [0.5, 0.6) is 0 Å². The molecule has 6 nitrogen and oxygen atoms in total. The Hall–Kier alpha value is -2.55. The number of rotatable bonds is 4. The molecule has 2 aromatic rings. The quantitative estimate of drug-likeness (QED) is 0.666. The molecular weight excluding hydrogens is 395 g/mol. The third-order valence-corrected chi connectivity index (χ3v) is 4.52. The normalized spacial score (nSPS) is 18.9. The van der Waals surface area contributed by atoms with Crippen LogP contribution < -0.4 is 16.4 Å². The van der Waals surface area contributed by atoms with Crippen LogP contribution in [0.3, 0.4) is 0 Å². The molecule has 0 bridgehead atoms. The van der Waals surface area contributed by atoms with E-state index in [1.54, 1.807) is 13.0 Å². The number of hydrogen-bond donors (Lipinski definition) is 3. The summed E-state index contributed by atoms with van der Waals surface area (Å²) < 4.78 is 39.5. The van der Waals surface area contributed by atoms with E-state index in [9.17, 15) is 18.0 Å². The number of aromatic nitrogens is 2. The average Bonchev–Trinajstić information content (AvgIpc) is 2.60. The maximum Gasteiger partial charge on any atom is 0.251 e. The SMILES string of the molecule is Cc1nc(N)cc(N[C@H]2CC[C@@H](NC(=O)c3cc(F)c(F)c(F)c3)CC2)n1.Cl. The number of benzene rings is 1. The summed E-state index contributed by atoms with van der Waals surface area (Å²) in [5, 5.41) is 6.05. The standard InChI is InChI=1S/C18H20F3N5O.ClH/c1-9-23-15(22)8-16(24-9)25-11-2-4-12(5-3-11)26-18(27)10-6-13(19)17(21)14(20)7-10;/h6-8,11-12H,2-5H2,1H3,(H,26,27)(H3,22,23,24,25);1H/t11-,12+;. The molecule has 1 amide bonds. The number of nitrogens with zero attached hydrogens (tertiary/aromatic N) is 2. The Balaban J connectivity index is 0.00000280. The third kappa shape index (κ3) is 5.25. The lowest BCUT2D eigenvalue weighted by atomic mass is 9.91. The summed E-state index contributed by atoms with van der Waals surface area (Å²) in [4.78, 5) is 20.5. The highest BCUT2D eigenvalue weighted by Crippen LogP contribution is 2.23. The number of nitrogens with one attached hydrogen (secondary N) is 2. The fourth-order valence-electron chi connectivity index (χ4n) is 3.21. The second kappa shape index (κ2) is 9.09. The summed E-state index contributed by atoms with van der Waals surface area (Å²) in [6.45, 7) is 1.76. The fourth-order valence-corrected chi connectivity index (χ4v) is 3.21. The molecule has 1 saturated carbocycles. The number of hydrogen-bond acceptors (Lipinski definition) is 5. The van der Waals surface area contributed by atoms with Crippen LogP contribution >= 0.6 is 12.4 Å². The summed E-state index contributed by atoms with van der Waals surface area (Å²) in [6, 6.07) is 3.11. The van der Waals surface area contributed by atoms with Gasteiger partial charge in [-0.1, -0.05) is 0 Å². The van der Waals surface area contributed by atoms with Crippen molar-refractivity contribution < 1.29 is 18.0 Å². The predicted molar refractivity (Wildman–Crippen MR) is 102 cm³/mol. The van der Waals surface area contributed by atoms with Gasteiger partial charge >= 0.3 is 0 Å². The summed E-state index contributed by atoms with van der Waals surface area (Å²) in [6.07, 6.45) is 2.93. The second-order valence-corrected chi connectivity index (χ2v) is 6.65. The van der Waals surface area contributed by atoms with E-state index in [1.807, 2.05) is 0 Å². The molecule has 1 fully saturated rings. The molecule has 0 atom stereocenters. The lowest BCUT2D eigenvalue weighted by molar-refractivity contribution is 0.0925. The third-order valence-electron chi connectivity index (χ3n) is 4.52. The molecule has 4 N–H and O–H groups in total. The molecule has 0 radical (unpaired) electrons. The fraction of sp³-hybridized carbons (Fsp3) is 0.389. The van der Waals surface area contributed by atoms with Crippen molar-refractivity contribution in [3.8, 4) is 0 Å². The summed E-state index contributed by atoms with van der Waals surface area (Å²) >= 11 is 0. The van der Waals surface area contributed by atoms with Gasteiger partial charge in [0.2, 0.25) is 0 Å². The highest BCUT2D eigenvalue weighted by molar-refractivity contribution is 5.94. The van der Waals surface area contributed by atoms with Gasteiger partial charge in [0.1, 0.15) is 17.5 Å². The zero-order valence-electron chi connectivity index (χ0n) is 15.1. The first-order valence-electron chi connectivity index (χ1n) is 8.65. The highest BCUT2D eigenvalue weighted by atomic mass is 35.5. The Kier molecular flexibility index (Phi) is 7.06. The van der Waals surface area contributed by atoms with Crippen LogP contribution in [0, 0.1) is 24.4 Å². The number of amides is 1. The maximum atomic E-state index is 13.3. The number of anilines is 2. The molecule has 1 aliphatic carbocycles. The number of aryl methyl sites for hydroxylation is 1. The van der Waals surface area contributed by atoms with E-state index in [1.165, 1.54) is 0 Å². The van der Waals surface area contributed by atoms with Gasteiger partial charge in [0.05, 0.1) is 0 Å². The topological polar surface area (TPSA) is 92.9 Å². The van der Waals surface area contributed by atoms with Gasteiger partial charge in [-0.25, -0.2) is 23.1 Å². The van der Waals surface area contributed by atoms with Crippen molar-refractivity contribution >= 4 is 29.9 Å². The first-order valence-corrected chi connectivity index (χ1v) is 8.65. The van der Waals surface area contributed by atoms with Gasteiger partial charge in [-0.15, -0.1) is 12.4 Å². The molecule has 152 valence electrons. The van der Waals surface area contributed by atoms with Crippen molar-refractivity contribution in [2.24, 2.45) is 0 Å². The lowest BCUT2D eigenvalue weighted by Crippen LogP contribution is -2.40. The van der Waals surface area contributed by atoms with Crippen LogP contribution in [0.1, 0.15) is 41.9 Å². The number of nitrogen functional groups attached to an aromatic ring is 1. The molecule has 3 rings (SSSR count). The van der Waals surface area contributed by atoms with Gasteiger partial charge in [-0.3, -0.25) is 4.79 Å². The van der Waals surface area contributed by atoms with E-state index in [2.05, 4.69) is 20.6 Å². The van der Waals surface area contributed by atoms with Gasteiger partial charge < -0.3 is 16.4 Å². The van der Waals surface area contributed by atoms with Crippen LogP contribution in [0.25, 0.3) is 0 Å². The van der Waals surface area contributed by atoms with E-state index < -0.39 is 23.4 Å². The van der Waals surface area contributed by atoms with Gasteiger partial charge in [-0.2, -0.15) is 0 Å². The summed E-state index contributed by atoms with van der Waals surface area (Å²) in [5.74, 6) is -3.34. The lowest BCUT2D eigenvalue weighted by Gasteiger charge is -2.30. The van der Waals surface area contributed by atoms with Crippen molar-refractivity contribution in [1.29, 1.82) is 0 Å². The van der Waals surface area contributed by atoms with E-state index in [-0.39, 0.29) is 30.1 Å². The number of nitrogens with two attached hydrogens (primary N) is 1. The Bertz CT molecular complexity index is 816. The average molecular weight is 416 g/mol. The van der Waals surface area contributed by atoms with Crippen molar-refractivity contribution in [3.05, 3.63) is 47.0 Å². The second-order valence-electron chi connectivity index (χ2n) is 6.65. The molecule has 0 spiro atoms. The zero-order valence-corrected chi connectivity index (χ0v) is 16.0. The highest BCUT2D eigenvalue weighted by Gasteiger charge is 2.24. The Morgan fingerprint density at radius 2 is 1.61 bits per heavy atom. The van der Waals surface area contributed by atoms with E-state index in [0.717, 1.165) is 12.8 Å². The van der Waals surface area contributed by atoms with Gasteiger partial charge in [-0.05, 0) is 44.7 Å². The van der Waals surface area contributed by atoms with Crippen LogP contribution in [0.2, 0.25) is 0 Å². The maximum absolute atomic E-state index is 13.3. The number of carbonyl (C=O) groups excluding carboxylic acids is 1. The molecular formula is C18H21ClF3N5O. The number of carbonyl (C=O) groups is 1. The van der Waals surface area contributed by atoms with Gasteiger partial charge in [0.15, 0.2) is 17.5 Å². The smallest absolute Gasteiger partial charge is 0.251 e. The molecule has 1 aliphatic rings. The van der Waals surface area contributed by atoms with Crippen molar-refractivity contribution in [2.75, 3.05) is 11.1 Å². The molecule has 0 aliphatic heterocycles. The molecule has 0 unspecified atom stereocenters. The zero-order chi connectivity index (χ0) is 19.6. The predicted octanol–water partition coefficient (Wildman–Crippen LogP) is 3.36. The van der Waals surface area contributed by atoms with Crippen molar-refractivity contribution in [1.82, 2.24) is 15.3 Å². The Morgan fingerprint density at radius 3 is 2.18 bits per heavy atom. The molecule has 1 heterocycles. The molecule has 28 heavy (non-hydrogen) atoms. The van der Waals surface area contributed by atoms with Crippen LogP contribution in [0.15, 0.2) is 18.2 Å². The van der Waals surface area contributed by atoms with Crippen LogP contribution in [0.4, 0.5) is 24.8 Å². The van der Waals surface area contributed by atoms with E-state index in [0.29, 0.717) is 42.4 Å². The molecule has 1 aromatic carbocycles. The minimum Gasteiger partial charge on any atom is -0.384 e. The molecule has 0 saturated heterocycles. The molecule has 10 heteroatoms.